The molecule has 0 aromatic heterocycles. The molecule has 2 atom stereocenters. The fourth-order valence-electron chi connectivity index (χ4n) is 2.84. The zero-order valence-electron chi connectivity index (χ0n) is 12.3. The molecule has 0 aromatic carbocycles. The summed E-state index contributed by atoms with van der Waals surface area (Å²) >= 11 is 0. The number of hydrogen-bond donors (Lipinski definition) is 2. The van der Waals surface area contributed by atoms with Crippen molar-refractivity contribution in [3.63, 3.8) is 0 Å². The highest BCUT2D eigenvalue weighted by Gasteiger charge is 2.32. The van der Waals surface area contributed by atoms with Crippen molar-refractivity contribution in [1.29, 1.82) is 0 Å². The summed E-state index contributed by atoms with van der Waals surface area (Å²) in [7, 11) is 2.09. The number of nitrogens with zero attached hydrogens (tertiary/aromatic N) is 2. The van der Waals surface area contributed by atoms with E-state index in [9.17, 15) is 9.59 Å². The van der Waals surface area contributed by atoms with E-state index in [1.807, 2.05) is 0 Å². The first-order valence-electron chi connectivity index (χ1n) is 7.47. The molecule has 0 radical (unpaired) electrons. The molecule has 1 saturated carbocycles. The van der Waals surface area contributed by atoms with Gasteiger partial charge < -0.3 is 15.3 Å². The molecule has 1 aliphatic heterocycles. The number of likely N-dealkylation sites (N-methyl/N-ethyl adjacent to an activating group) is 1. The van der Waals surface area contributed by atoms with Crippen LogP contribution in [0.25, 0.3) is 0 Å². The van der Waals surface area contributed by atoms with Gasteiger partial charge in [0.15, 0.2) is 0 Å². The molecule has 114 valence electrons. The molecule has 1 aliphatic carbocycles. The summed E-state index contributed by atoms with van der Waals surface area (Å²) in [6.07, 6.45) is 4.23. The first kappa shape index (κ1) is 15.1. The van der Waals surface area contributed by atoms with Gasteiger partial charge in [0.2, 0.25) is 0 Å². The zero-order valence-corrected chi connectivity index (χ0v) is 12.3. The van der Waals surface area contributed by atoms with Gasteiger partial charge in [0, 0.05) is 31.2 Å². The Morgan fingerprint density at radius 2 is 2.10 bits per heavy atom. The third-order valence-electron chi connectivity index (χ3n) is 4.42. The predicted molar refractivity (Wildman–Crippen MR) is 75.6 cm³/mol. The highest BCUT2D eigenvalue weighted by molar-refractivity contribution is 5.76. The molecule has 0 bridgehead atoms. The largest absolute Gasteiger partial charge is 0.481 e. The molecule has 1 heterocycles. The maximum Gasteiger partial charge on any atom is 0.317 e. The standard InChI is InChI=1S/C14H25N3O3/c1-10(16(2)11-5-6-11)9-15-14(20)17-7-3-4-12(17)8-13(18)19/h10-12H,3-9H2,1-2H3,(H,15,20)(H,18,19). The Kier molecular flexibility index (Phi) is 4.86. The van der Waals surface area contributed by atoms with E-state index in [4.69, 9.17) is 5.11 Å². The van der Waals surface area contributed by atoms with Gasteiger partial charge in [0.1, 0.15) is 0 Å². The highest BCUT2D eigenvalue weighted by atomic mass is 16.4. The van der Waals surface area contributed by atoms with Gasteiger partial charge in [-0.15, -0.1) is 0 Å². The van der Waals surface area contributed by atoms with E-state index in [1.54, 1.807) is 4.90 Å². The predicted octanol–water partition coefficient (Wildman–Crippen LogP) is 1.12. The summed E-state index contributed by atoms with van der Waals surface area (Å²) in [5.74, 6) is -0.837. The summed E-state index contributed by atoms with van der Waals surface area (Å²) in [6.45, 7) is 3.38. The average molecular weight is 283 g/mol. The Bertz CT molecular complexity index is 371. The van der Waals surface area contributed by atoms with Crippen LogP contribution in [-0.2, 0) is 4.79 Å². The van der Waals surface area contributed by atoms with E-state index < -0.39 is 5.97 Å². The lowest BCUT2D eigenvalue weighted by Gasteiger charge is -2.28. The maximum absolute atomic E-state index is 12.2. The molecule has 2 amide bonds. The lowest BCUT2D eigenvalue weighted by molar-refractivity contribution is -0.137. The number of amides is 2. The van der Waals surface area contributed by atoms with Crippen molar-refractivity contribution in [2.75, 3.05) is 20.1 Å². The van der Waals surface area contributed by atoms with Crippen LogP contribution >= 0.6 is 0 Å². The molecule has 2 N–H and O–H groups in total. The van der Waals surface area contributed by atoms with Gasteiger partial charge in [-0.05, 0) is 39.7 Å². The van der Waals surface area contributed by atoms with Crippen LogP contribution in [0.5, 0.6) is 0 Å². The van der Waals surface area contributed by atoms with E-state index >= 15 is 0 Å². The lowest BCUT2D eigenvalue weighted by atomic mass is 10.1. The number of likely N-dealkylation sites (tertiary alicyclic amines) is 1. The van der Waals surface area contributed by atoms with Crippen LogP contribution in [0.15, 0.2) is 0 Å². The van der Waals surface area contributed by atoms with Crippen LogP contribution < -0.4 is 5.32 Å². The molecule has 0 spiro atoms. The normalized spacial score (nSPS) is 23.9. The zero-order chi connectivity index (χ0) is 14.7. The minimum absolute atomic E-state index is 0.0466. The van der Waals surface area contributed by atoms with Gasteiger partial charge in [0.25, 0.3) is 0 Å². The van der Waals surface area contributed by atoms with Crippen molar-refractivity contribution in [3.05, 3.63) is 0 Å². The van der Waals surface area contributed by atoms with E-state index in [1.165, 1.54) is 12.8 Å². The molecule has 1 saturated heterocycles. The lowest BCUT2D eigenvalue weighted by Crippen LogP contribution is -2.48. The molecule has 2 unspecified atom stereocenters. The number of aliphatic carboxylic acids is 1. The van der Waals surface area contributed by atoms with E-state index in [2.05, 4.69) is 24.2 Å². The number of carbonyl (C=O) groups excluding carboxylic acids is 1. The number of carboxylic acids is 1. The number of carbonyl (C=O) groups is 2. The number of urea groups is 1. The molecule has 2 aliphatic rings. The summed E-state index contributed by atoms with van der Waals surface area (Å²) < 4.78 is 0. The minimum atomic E-state index is -0.837. The van der Waals surface area contributed by atoms with Gasteiger partial charge in [-0.25, -0.2) is 4.79 Å². The van der Waals surface area contributed by atoms with Gasteiger partial charge in [-0.3, -0.25) is 9.69 Å². The third kappa shape index (κ3) is 3.85. The second-order valence-corrected chi connectivity index (χ2v) is 6.02. The Hall–Kier alpha value is -1.30. The Morgan fingerprint density at radius 3 is 2.70 bits per heavy atom. The van der Waals surface area contributed by atoms with Crippen LogP contribution in [0.1, 0.15) is 39.0 Å². The van der Waals surface area contributed by atoms with Gasteiger partial charge in [0.05, 0.1) is 6.42 Å². The molecule has 6 nitrogen and oxygen atoms in total. The molecule has 2 fully saturated rings. The molecular weight excluding hydrogens is 258 g/mol. The second kappa shape index (κ2) is 6.43. The Balaban J connectivity index is 1.77. The molecule has 2 rings (SSSR count). The average Bonchev–Trinajstić information content (AvgIpc) is 3.15. The fraction of sp³-hybridized carbons (Fsp3) is 0.857. The molecule has 20 heavy (non-hydrogen) atoms. The van der Waals surface area contributed by atoms with Crippen molar-refractivity contribution in [1.82, 2.24) is 15.1 Å². The third-order valence-corrected chi connectivity index (χ3v) is 4.42. The van der Waals surface area contributed by atoms with Crippen molar-refractivity contribution in [2.24, 2.45) is 0 Å². The number of rotatable bonds is 6. The Labute approximate surface area is 120 Å². The number of hydrogen-bond acceptors (Lipinski definition) is 3. The quantitative estimate of drug-likeness (QED) is 0.766. The van der Waals surface area contributed by atoms with Crippen LogP contribution in [0, 0.1) is 0 Å². The summed E-state index contributed by atoms with van der Waals surface area (Å²) in [4.78, 5) is 26.9. The van der Waals surface area contributed by atoms with Crippen molar-refractivity contribution < 1.29 is 14.7 Å². The highest BCUT2D eigenvalue weighted by Crippen LogP contribution is 2.26. The first-order chi connectivity index (χ1) is 9.49. The van der Waals surface area contributed by atoms with Gasteiger partial charge >= 0.3 is 12.0 Å². The first-order valence-corrected chi connectivity index (χ1v) is 7.47. The number of carboxylic acid groups (broad SMARTS) is 1. The topological polar surface area (TPSA) is 72.9 Å². The van der Waals surface area contributed by atoms with E-state index in [-0.39, 0.29) is 18.5 Å². The summed E-state index contributed by atoms with van der Waals surface area (Å²) in [5, 5.41) is 11.8. The van der Waals surface area contributed by atoms with Crippen LogP contribution in [0.3, 0.4) is 0 Å². The fourth-order valence-corrected chi connectivity index (χ4v) is 2.84. The van der Waals surface area contributed by atoms with Gasteiger partial charge in [-0.2, -0.15) is 0 Å². The number of nitrogens with one attached hydrogen (secondary N) is 1. The van der Waals surface area contributed by atoms with Crippen LogP contribution in [0.2, 0.25) is 0 Å². The maximum atomic E-state index is 12.2. The molecule has 6 heteroatoms. The Morgan fingerprint density at radius 1 is 1.40 bits per heavy atom. The summed E-state index contributed by atoms with van der Waals surface area (Å²) in [5.41, 5.74) is 0. The molecule has 0 aromatic rings. The SMILES string of the molecule is CC(CNC(=O)N1CCCC1CC(=O)O)N(C)C1CC1. The van der Waals surface area contributed by atoms with E-state index in [0.29, 0.717) is 25.2 Å². The minimum Gasteiger partial charge on any atom is -0.481 e. The van der Waals surface area contributed by atoms with Crippen LogP contribution in [-0.4, -0.2) is 65.2 Å². The van der Waals surface area contributed by atoms with Gasteiger partial charge in [-0.1, -0.05) is 0 Å². The monoisotopic (exact) mass is 283 g/mol. The second-order valence-electron chi connectivity index (χ2n) is 6.02. The van der Waals surface area contributed by atoms with Crippen molar-refractivity contribution >= 4 is 12.0 Å². The smallest absolute Gasteiger partial charge is 0.317 e. The van der Waals surface area contributed by atoms with Crippen molar-refractivity contribution in [3.8, 4) is 0 Å². The molecular formula is C14H25N3O3. The van der Waals surface area contributed by atoms with E-state index in [0.717, 1.165) is 12.8 Å². The summed E-state index contributed by atoms with van der Waals surface area (Å²) in [6, 6.07) is 0.717. The van der Waals surface area contributed by atoms with Crippen molar-refractivity contribution in [2.45, 2.75) is 57.2 Å². The van der Waals surface area contributed by atoms with Crippen LogP contribution in [0.4, 0.5) is 4.79 Å².